The van der Waals surface area contributed by atoms with Crippen molar-refractivity contribution in [2.45, 2.75) is 38.7 Å². The first-order chi connectivity index (χ1) is 22.0. The van der Waals surface area contributed by atoms with Crippen LogP contribution in [0.2, 0.25) is 0 Å². The molecule has 0 saturated heterocycles. The van der Waals surface area contributed by atoms with Crippen molar-refractivity contribution >= 4 is 0 Å². The molecule has 0 spiro atoms. The molecule has 5 aromatic rings. The summed E-state index contributed by atoms with van der Waals surface area (Å²) in [5.41, 5.74) is 0.571. The van der Waals surface area contributed by atoms with Crippen LogP contribution < -0.4 is 4.74 Å². The number of unbranched alkanes of at least 4 members (excludes halogenated alkanes) is 2. The van der Waals surface area contributed by atoms with Gasteiger partial charge in [0.1, 0.15) is 46.5 Å². The molecule has 0 atom stereocenters. The highest BCUT2D eigenvalue weighted by Gasteiger charge is 2.38. The van der Waals surface area contributed by atoms with Gasteiger partial charge in [-0.15, -0.1) is 0 Å². The van der Waals surface area contributed by atoms with Crippen LogP contribution in [0.3, 0.4) is 0 Å². The highest BCUT2D eigenvalue weighted by Crippen LogP contribution is 2.37. The van der Waals surface area contributed by atoms with Crippen LogP contribution >= 0.6 is 0 Å². The lowest BCUT2D eigenvalue weighted by molar-refractivity contribution is -0.187. The van der Waals surface area contributed by atoms with Crippen molar-refractivity contribution in [3.8, 4) is 45.2 Å². The lowest BCUT2D eigenvalue weighted by Crippen LogP contribution is -2.23. The Labute approximate surface area is 261 Å². The maximum Gasteiger partial charge on any atom is 0.429 e. The fraction of sp³-hybridized carbons (Fsp3) is 0.162. The number of ether oxygens (including phenoxy) is 1. The molecular formula is C37H26F7NO. The second-order valence-corrected chi connectivity index (χ2v) is 10.7. The average Bonchev–Trinajstić information content (AvgIpc) is 3.01. The molecule has 46 heavy (non-hydrogen) atoms. The van der Waals surface area contributed by atoms with Gasteiger partial charge in [0.05, 0.1) is 5.56 Å². The Hall–Kier alpha value is -5.10. The largest absolute Gasteiger partial charge is 0.429 e. The van der Waals surface area contributed by atoms with E-state index in [1.165, 1.54) is 35.9 Å². The predicted molar refractivity (Wildman–Crippen MR) is 161 cm³/mol. The van der Waals surface area contributed by atoms with Crippen LogP contribution in [0.1, 0.15) is 42.9 Å². The standard InChI is InChI=1S/C37H26F7NO/c1-2-3-4-5-22-6-8-23(9-7-22)24-10-13-28(32(38)16-24)25-11-14-29(33(39)17-25)26-12-15-31(36(42)18-26)37(43,44)46-27-19-34(40)30(21-45)35(41)20-27/h6-20H,2-5H2,1H3. The zero-order valence-corrected chi connectivity index (χ0v) is 24.5. The molecule has 9 heteroatoms. The summed E-state index contributed by atoms with van der Waals surface area (Å²) in [7, 11) is 0. The quantitative estimate of drug-likeness (QED) is 0.113. The molecule has 5 rings (SSSR count). The van der Waals surface area contributed by atoms with Gasteiger partial charge in [-0.2, -0.15) is 14.0 Å². The third-order valence-corrected chi connectivity index (χ3v) is 7.57. The molecule has 0 fully saturated rings. The zero-order valence-electron chi connectivity index (χ0n) is 24.5. The predicted octanol–water partition coefficient (Wildman–Crippen LogP) is 11.1. The van der Waals surface area contributed by atoms with Crippen LogP contribution in [-0.4, -0.2) is 0 Å². The summed E-state index contributed by atoms with van der Waals surface area (Å²) in [6.07, 6.45) is -0.00157. The van der Waals surface area contributed by atoms with Gasteiger partial charge in [0.15, 0.2) is 0 Å². The normalized spacial score (nSPS) is 11.4. The second kappa shape index (κ2) is 13.5. The fourth-order valence-corrected chi connectivity index (χ4v) is 5.13. The number of hydrogen-bond acceptors (Lipinski definition) is 2. The van der Waals surface area contributed by atoms with E-state index in [1.54, 1.807) is 6.07 Å². The summed E-state index contributed by atoms with van der Waals surface area (Å²) < 4.78 is 107. The summed E-state index contributed by atoms with van der Waals surface area (Å²) in [6, 6.07) is 20.7. The van der Waals surface area contributed by atoms with Crippen molar-refractivity contribution in [3.05, 3.63) is 137 Å². The maximum absolute atomic E-state index is 15.2. The van der Waals surface area contributed by atoms with Crippen LogP contribution in [0.5, 0.6) is 5.75 Å². The lowest BCUT2D eigenvalue weighted by Gasteiger charge is -2.19. The number of halogens is 7. The first-order valence-corrected chi connectivity index (χ1v) is 14.5. The Kier molecular flexibility index (Phi) is 9.47. The van der Waals surface area contributed by atoms with Gasteiger partial charge < -0.3 is 4.74 Å². The molecule has 0 saturated carbocycles. The second-order valence-electron chi connectivity index (χ2n) is 10.7. The first-order valence-electron chi connectivity index (χ1n) is 14.5. The van der Waals surface area contributed by atoms with E-state index in [1.807, 2.05) is 24.3 Å². The maximum atomic E-state index is 15.2. The number of hydrogen-bond donors (Lipinski definition) is 0. The van der Waals surface area contributed by atoms with Crippen molar-refractivity contribution < 1.29 is 35.5 Å². The fourth-order valence-electron chi connectivity index (χ4n) is 5.13. The summed E-state index contributed by atoms with van der Waals surface area (Å²) in [4.78, 5) is 0. The number of benzene rings is 5. The molecule has 0 aliphatic rings. The molecular weight excluding hydrogens is 607 g/mol. The summed E-state index contributed by atoms with van der Waals surface area (Å²) in [6.45, 7) is 2.15. The highest BCUT2D eigenvalue weighted by atomic mass is 19.3. The number of nitrogens with zero attached hydrogens (tertiary/aromatic N) is 1. The topological polar surface area (TPSA) is 33.0 Å². The Morgan fingerprint density at radius 1 is 0.609 bits per heavy atom. The van der Waals surface area contributed by atoms with E-state index in [0.717, 1.165) is 43.4 Å². The number of alkyl halides is 2. The van der Waals surface area contributed by atoms with Crippen molar-refractivity contribution in [1.82, 2.24) is 0 Å². The molecule has 2 nitrogen and oxygen atoms in total. The zero-order chi connectivity index (χ0) is 33.0. The average molecular weight is 634 g/mol. The molecule has 5 aromatic carbocycles. The van der Waals surface area contributed by atoms with Crippen molar-refractivity contribution in [2.24, 2.45) is 0 Å². The molecule has 0 aliphatic carbocycles. The van der Waals surface area contributed by atoms with Gasteiger partial charge in [0, 0.05) is 23.3 Å². The molecule has 0 heterocycles. The van der Waals surface area contributed by atoms with E-state index in [9.17, 15) is 22.0 Å². The monoisotopic (exact) mass is 633 g/mol. The first kappa shape index (κ1) is 32.3. The van der Waals surface area contributed by atoms with Crippen molar-refractivity contribution in [2.75, 3.05) is 0 Å². The smallest absolute Gasteiger partial charge is 0.429 e. The Bertz CT molecular complexity index is 1910. The third kappa shape index (κ3) is 6.91. The van der Waals surface area contributed by atoms with Gasteiger partial charge in [0.25, 0.3) is 0 Å². The van der Waals surface area contributed by atoms with Gasteiger partial charge in [0.2, 0.25) is 0 Å². The highest BCUT2D eigenvalue weighted by molar-refractivity contribution is 5.74. The van der Waals surface area contributed by atoms with Crippen LogP contribution in [0.15, 0.2) is 91.0 Å². The summed E-state index contributed by atoms with van der Waals surface area (Å²) >= 11 is 0. The van der Waals surface area contributed by atoms with Crippen LogP contribution in [-0.2, 0) is 12.5 Å². The minimum Gasteiger partial charge on any atom is -0.429 e. The van der Waals surface area contributed by atoms with Gasteiger partial charge in [-0.25, -0.2) is 22.0 Å². The molecule has 0 radical (unpaired) electrons. The molecule has 0 unspecified atom stereocenters. The molecule has 0 bridgehead atoms. The van der Waals surface area contributed by atoms with Gasteiger partial charge >= 0.3 is 6.11 Å². The van der Waals surface area contributed by atoms with E-state index >= 15 is 8.78 Å². The van der Waals surface area contributed by atoms with Crippen molar-refractivity contribution in [1.29, 1.82) is 5.26 Å². The van der Waals surface area contributed by atoms with E-state index < -0.39 is 52.1 Å². The molecule has 0 aliphatic heterocycles. The van der Waals surface area contributed by atoms with Crippen molar-refractivity contribution in [3.63, 3.8) is 0 Å². The number of rotatable bonds is 10. The minimum atomic E-state index is -4.38. The SMILES string of the molecule is CCCCCc1ccc(-c2ccc(-c3ccc(-c4ccc(C(F)(F)Oc5cc(F)c(C#N)c(F)c5)c(F)c4)c(F)c3)c(F)c2)cc1. The molecule has 0 aromatic heterocycles. The Morgan fingerprint density at radius 2 is 1.13 bits per heavy atom. The van der Waals surface area contributed by atoms with Crippen LogP contribution in [0.25, 0.3) is 33.4 Å². The van der Waals surface area contributed by atoms with Crippen LogP contribution in [0, 0.1) is 40.4 Å². The number of aryl methyl sites for hydroxylation is 1. The minimum absolute atomic E-state index is 0.0921. The summed E-state index contributed by atoms with van der Waals surface area (Å²) in [5.74, 6) is -6.73. The Morgan fingerprint density at radius 3 is 1.67 bits per heavy atom. The lowest BCUT2D eigenvalue weighted by atomic mass is 9.96. The van der Waals surface area contributed by atoms with Gasteiger partial charge in [-0.3, -0.25) is 0 Å². The van der Waals surface area contributed by atoms with Gasteiger partial charge in [-0.05, 0) is 64.9 Å². The van der Waals surface area contributed by atoms with Crippen LogP contribution in [0.4, 0.5) is 30.7 Å². The molecule has 0 amide bonds. The van der Waals surface area contributed by atoms with E-state index in [0.29, 0.717) is 29.8 Å². The molecule has 234 valence electrons. The van der Waals surface area contributed by atoms with Gasteiger partial charge in [-0.1, -0.05) is 74.4 Å². The number of nitriles is 1. The van der Waals surface area contributed by atoms with E-state index in [2.05, 4.69) is 11.7 Å². The third-order valence-electron chi connectivity index (χ3n) is 7.57. The van der Waals surface area contributed by atoms with E-state index in [4.69, 9.17) is 5.26 Å². The van der Waals surface area contributed by atoms with E-state index in [-0.39, 0.29) is 22.3 Å². The Balaban J connectivity index is 1.34. The summed E-state index contributed by atoms with van der Waals surface area (Å²) in [5, 5.41) is 8.73. The molecule has 0 N–H and O–H groups in total.